The SMILES string of the molecule is CCC[C@@H](C=O)CC=O.CCC[C@H]1C(O)N(C=O)[C@@H](CCC)C(O)N1C=O. The van der Waals surface area contributed by atoms with Gasteiger partial charge in [-0.2, -0.15) is 0 Å². The molecule has 2 amide bonds. The smallest absolute Gasteiger partial charge is 0.212 e. The van der Waals surface area contributed by atoms with E-state index in [1.165, 1.54) is 9.80 Å². The van der Waals surface area contributed by atoms with Crippen LogP contribution >= 0.6 is 0 Å². The normalized spacial score (nSPS) is 25.8. The van der Waals surface area contributed by atoms with Crippen LogP contribution in [0.3, 0.4) is 0 Å². The third-order valence-electron chi connectivity index (χ3n) is 4.73. The minimum Gasteiger partial charge on any atom is -0.371 e. The molecule has 0 aliphatic carbocycles. The molecule has 5 atom stereocenters. The summed E-state index contributed by atoms with van der Waals surface area (Å²) in [6, 6.07) is -1.08. The van der Waals surface area contributed by atoms with Crippen LogP contribution in [-0.2, 0) is 19.2 Å². The summed E-state index contributed by atoms with van der Waals surface area (Å²) in [5.41, 5.74) is 0. The molecule has 0 aromatic carbocycles. The molecule has 0 saturated carbocycles. The van der Waals surface area contributed by atoms with E-state index in [1.54, 1.807) is 0 Å². The van der Waals surface area contributed by atoms with Gasteiger partial charge in [0, 0.05) is 12.3 Å². The van der Waals surface area contributed by atoms with Crippen LogP contribution in [0.15, 0.2) is 0 Å². The summed E-state index contributed by atoms with van der Waals surface area (Å²) in [4.78, 5) is 44.7. The molecule has 2 unspecified atom stereocenters. The average Bonchev–Trinajstić information content (AvgIpc) is 2.67. The van der Waals surface area contributed by atoms with Crippen molar-refractivity contribution in [2.75, 3.05) is 0 Å². The molecule has 1 heterocycles. The number of amides is 2. The van der Waals surface area contributed by atoms with Gasteiger partial charge in [-0.25, -0.2) is 0 Å². The van der Waals surface area contributed by atoms with Crippen LogP contribution in [-0.4, -0.2) is 69.9 Å². The highest BCUT2D eigenvalue weighted by Gasteiger charge is 2.44. The minimum absolute atomic E-state index is 0.0347. The van der Waals surface area contributed by atoms with E-state index in [2.05, 4.69) is 0 Å². The zero-order valence-electron chi connectivity index (χ0n) is 16.6. The van der Waals surface area contributed by atoms with Gasteiger partial charge in [0.05, 0.1) is 12.1 Å². The van der Waals surface area contributed by atoms with Crippen LogP contribution in [0.2, 0.25) is 0 Å². The van der Waals surface area contributed by atoms with E-state index in [0.29, 0.717) is 32.1 Å². The summed E-state index contributed by atoms with van der Waals surface area (Å²) in [6.07, 6.45) is 5.45. The molecule has 8 heteroatoms. The second-order valence-corrected chi connectivity index (χ2v) is 6.73. The Balaban J connectivity index is 0.000000636. The molecule has 0 aromatic heterocycles. The van der Waals surface area contributed by atoms with Crippen molar-refractivity contribution in [2.45, 2.75) is 90.3 Å². The summed E-state index contributed by atoms with van der Waals surface area (Å²) in [5.74, 6) is -0.0347. The Morgan fingerprint density at radius 1 is 0.815 bits per heavy atom. The molecule has 1 aliphatic rings. The molecule has 0 bridgehead atoms. The molecule has 27 heavy (non-hydrogen) atoms. The molecule has 1 aliphatic heterocycles. The number of aliphatic hydroxyl groups is 2. The standard InChI is InChI=1S/C12H22N2O4.C7H12O2/c1-3-5-9-11(17)14(8-16)10(6-4-2)12(18)13(9)7-15;1-2-3-7(6-9)4-5-8/h7-12,17-18H,3-6H2,1-2H3;5-7H,2-4H2,1H3/t9-,10-,11?,12?;7-/m01/s1. The van der Waals surface area contributed by atoms with Crippen molar-refractivity contribution in [1.29, 1.82) is 0 Å². The van der Waals surface area contributed by atoms with Gasteiger partial charge in [-0.1, -0.05) is 40.0 Å². The van der Waals surface area contributed by atoms with E-state index >= 15 is 0 Å². The van der Waals surface area contributed by atoms with E-state index in [1.807, 2.05) is 20.8 Å². The average molecular weight is 386 g/mol. The van der Waals surface area contributed by atoms with E-state index in [4.69, 9.17) is 0 Å². The molecule has 0 spiro atoms. The molecule has 0 radical (unpaired) electrons. The quantitative estimate of drug-likeness (QED) is 0.514. The van der Waals surface area contributed by atoms with Crippen LogP contribution < -0.4 is 0 Å². The van der Waals surface area contributed by atoms with Crippen LogP contribution in [0.4, 0.5) is 0 Å². The first-order chi connectivity index (χ1) is 13.0. The largest absolute Gasteiger partial charge is 0.371 e. The lowest BCUT2D eigenvalue weighted by Gasteiger charge is -2.50. The predicted molar refractivity (Wildman–Crippen MR) is 100 cm³/mol. The highest BCUT2D eigenvalue weighted by molar-refractivity contribution is 5.61. The van der Waals surface area contributed by atoms with Gasteiger partial charge < -0.3 is 29.6 Å². The van der Waals surface area contributed by atoms with Crippen molar-refractivity contribution in [3.05, 3.63) is 0 Å². The maximum Gasteiger partial charge on any atom is 0.212 e. The molecule has 1 rings (SSSR count). The van der Waals surface area contributed by atoms with Crippen LogP contribution in [0, 0.1) is 5.92 Å². The number of piperazine rings is 1. The van der Waals surface area contributed by atoms with Gasteiger partial charge in [-0.05, 0) is 19.3 Å². The first-order valence-electron chi connectivity index (χ1n) is 9.67. The molecule has 0 aromatic rings. The third kappa shape index (κ3) is 7.38. The van der Waals surface area contributed by atoms with E-state index in [0.717, 1.165) is 38.3 Å². The Kier molecular flexibility index (Phi) is 13.3. The van der Waals surface area contributed by atoms with Crippen LogP contribution in [0.5, 0.6) is 0 Å². The molecule has 1 fully saturated rings. The van der Waals surface area contributed by atoms with E-state index < -0.39 is 24.5 Å². The number of carbonyl (C=O) groups excluding carboxylic acids is 4. The maximum atomic E-state index is 11.1. The first-order valence-corrected chi connectivity index (χ1v) is 9.67. The van der Waals surface area contributed by atoms with Crippen LogP contribution in [0.25, 0.3) is 0 Å². The number of carbonyl (C=O) groups is 4. The number of hydrogen-bond donors (Lipinski definition) is 2. The summed E-state index contributed by atoms with van der Waals surface area (Å²) in [7, 11) is 0. The summed E-state index contributed by atoms with van der Waals surface area (Å²) >= 11 is 0. The number of aliphatic hydroxyl groups excluding tert-OH is 2. The van der Waals surface area contributed by atoms with E-state index in [9.17, 15) is 29.4 Å². The van der Waals surface area contributed by atoms with Crippen molar-refractivity contribution in [2.24, 2.45) is 5.92 Å². The highest BCUT2D eigenvalue weighted by Crippen LogP contribution is 2.27. The third-order valence-corrected chi connectivity index (χ3v) is 4.73. The lowest BCUT2D eigenvalue weighted by Crippen LogP contribution is -2.67. The summed E-state index contributed by atoms with van der Waals surface area (Å²) < 4.78 is 0. The Morgan fingerprint density at radius 3 is 1.52 bits per heavy atom. The fourth-order valence-electron chi connectivity index (χ4n) is 3.30. The molecular formula is C19H34N2O6. The van der Waals surface area contributed by atoms with Gasteiger partial charge in [0.2, 0.25) is 12.8 Å². The first kappa shape index (κ1) is 25.2. The molecule has 1 saturated heterocycles. The second-order valence-electron chi connectivity index (χ2n) is 6.73. The molecule has 2 N–H and O–H groups in total. The van der Waals surface area contributed by atoms with E-state index in [-0.39, 0.29) is 5.92 Å². The van der Waals surface area contributed by atoms with Gasteiger partial charge in [0.25, 0.3) is 0 Å². The fraction of sp³-hybridized carbons (Fsp3) is 0.789. The number of hydrogen-bond acceptors (Lipinski definition) is 6. The zero-order valence-corrected chi connectivity index (χ0v) is 16.6. The summed E-state index contributed by atoms with van der Waals surface area (Å²) in [5, 5.41) is 20.3. The second kappa shape index (κ2) is 14.3. The van der Waals surface area contributed by atoms with Gasteiger partial charge in [-0.3, -0.25) is 9.59 Å². The van der Waals surface area contributed by atoms with Crippen molar-refractivity contribution >= 4 is 25.4 Å². The van der Waals surface area contributed by atoms with Crippen molar-refractivity contribution in [3.63, 3.8) is 0 Å². The van der Waals surface area contributed by atoms with Gasteiger partial charge in [0.15, 0.2) is 0 Å². The molecule has 156 valence electrons. The lowest BCUT2D eigenvalue weighted by atomic mass is 9.97. The topological polar surface area (TPSA) is 115 Å². The van der Waals surface area contributed by atoms with Crippen LogP contribution in [0.1, 0.15) is 65.7 Å². The van der Waals surface area contributed by atoms with Crippen molar-refractivity contribution in [3.8, 4) is 0 Å². The maximum absolute atomic E-state index is 11.1. The monoisotopic (exact) mass is 386 g/mol. The van der Waals surface area contributed by atoms with Gasteiger partial charge >= 0.3 is 0 Å². The number of rotatable bonds is 11. The highest BCUT2D eigenvalue weighted by atomic mass is 16.3. The fourth-order valence-corrected chi connectivity index (χ4v) is 3.30. The number of aldehydes is 2. The summed E-state index contributed by atoms with van der Waals surface area (Å²) in [6.45, 7) is 5.85. The van der Waals surface area contributed by atoms with Crippen molar-refractivity contribution < 1.29 is 29.4 Å². The van der Waals surface area contributed by atoms with Gasteiger partial charge in [-0.15, -0.1) is 0 Å². The molecular weight excluding hydrogens is 352 g/mol. The Bertz CT molecular complexity index is 420. The Hall–Kier alpha value is -1.80. The molecule has 8 nitrogen and oxygen atoms in total. The number of nitrogens with zero attached hydrogens (tertiary/aromatic N) is 2. The van der Waals surface area contributed by atoms with Crippen molar-refractivity contribution in [1.82, 2.24) is 9.80 Å². The Morgan fingerprint density at radius 2 is 1.26 bits per heavy atom. The Labute approximate surface area is 161 Å². The van der Waals surface area contributed by atoms with Gasteiger partial charge in [0.1, 0.15) is 25.0 Å². The lowest BCUT2D eigenvalue weighted by molar-refractivity contribution is -0.199. The minimum atomic E-state index is -1.05. The predicted octanol–water partition coefficient (Wildman–Crippen LogP) is 1.08. The zero-order chi connectivity index (χ0) is 20.8.